The van der Waals surface area contributed by atoms with Crippen molar-refractivity contribution in [1.82, 2.24) is 0 Å². The summed E-state index contributed by atoms with van der Waals surface area (Å²) in [6, 6.07) is 8.20. The number of halogens is 4. The Bertz CT molecular complexity index is 894. The van der Waals surface area contributed by atoms with Crippen molar-refractivity contribution in [2.45, 2.75) is 72.1 Å². The highest BCUT2D eigenvalue weighted by molar-refractivity contribution is 9.11. The van der Waals surface area contributed by atoms with E-state index in [1.165, 1.54) is 17.5 Å². The second-order valence-electron chi connectivity index (χ2n) is 11.2. The Morgan fingerprint density at radius 3 is 1.41 bits per heavy atom. The second kappa shape index (κ2) is 9.54. The van der Waals surface area contributed by atoms with Gasteiger partial charge in [-0.25, -0.2) is 0 Å². The molecule has 0 atom stereocenters. The van der Waals surface area contributed by atoms with Crippen molar-refractivity contribution in [3.8, 4) is 11.5 Å². The molecule has 0 aliphatic heterocycles. The first-order valence-corrected chi connectivity index (χ1v) is 14.2. The molecule has 2 aromatic carbocycles. The fraction of sp³-hybridized carbons (Fsp3) is 0.538. The highest BCUT2D eigenvalue weighted by atomic mass is 79.9. The summed E-state index contributed by atoms with van der Waals surface area (Å²) in [5.74, 6) is 1.09. The number of rotatable bonds is 4. The number of aromatic hydroxyl groups is 2. The van der Waals surface area contributed by atoms with E-state index in [0.29, 0.717) is 29.2 Å². The summed E-state index contributed by atoms with van der Waals surface area (Å²) < 4.78 is 2.75. The van der Waals surface area contributed by atoms with E-state index in [9.17, 15) is 10.2 Å². The Hall–Kier alpha value is -0.0400. The monoisotopic (exact) mass is 692 g/mol. The number of phenols is 2. The first-order chi connectivity index (χ1) is 14.7. The van der Waals surface area contributed by atoms with Gasteiger partial charge in [-0.15, -0.1) is 0 Å². The smallest absolute Gasteiger partial charge is 0.143 e. The van der Waals surface area contributed by atoms with Crippen LogP contribution in [0.15, 0.2) is 42.2 Å². The highest BCUT2D eigenvalue weighted by Gasteiger charge is 2.44. The average molecular weight is 696 g/mol. The lowest BCUT2D eigenvalue weighted by atomic mass is 9.57. The Morgan fingerprint density at radius 1 is 0.750 bits per heavy atom. The van der Waals surface area contributed by atoms with Gasteiger partial charge in [-0.1, -0.05) is 34.6 Å². The van der Waals surface area contributed by atoms with E-state index in [1.54, 1.807) is 0 Å². The molecule has 0 bridgehead atoms. The van der Waals surface area contributed by atoms with Gasteiger partial charge in [0.05, 0.1) is 17.9 Å². The molecule has 1 fully saturated rings. The Morgan fingerprint density at radius 2 is 1.09 bits per heavy atom. The molecule has 0 heterocycles. The van der Waals surface area contributed by atoms with Crippen molar-refractivity contribution in [3.63, 3.8) is 0 Å². The number of benzene rings is 2. The molecule has 2 nitrogen and oxygen atoms in total. The van der Waals surface area contributed by atoms with Gasteiger partial charge >= 0.3 is 0 Å². The van der Waals surface area contributed by atoms with Crippen LogP contribution in [0.2, 0.25) is 0 Å². The maximum Gasteiger partial charge on any atom is 0.143 e. The molecule has 0 spiro atoms. The van der Waals surface area contributed by atoms with E-state index in [1.807, 2.05) is 0 Å². The standard InChI is InChI=1S/C26H32Br4O2/c1-24(2,3)14-25(4,5)15-6-8-26(9-7-15,16-10-18(27)22(31)19(28)11-16)17-12-20(29)23(32)21(30)13-17/h10-13,15,31-32H,6-9,14H2,1-5H3. The van der Waals surface area contributed by atoms with Crippen molar-refractivity contribution in [2.24, 2.45) is 16.7 Å². The molecular formula is C26H32Br4O2. The summed E-state index contributed by atoms with van der Waals surface area (Å²) in [6.45, 7) is 11.9. The fourth-order valence-corrected chi connectivity index (χ4v) is 8.20. The van der Waals surface area contributed by atoms with Gasteiger partial charge in [-0.2, -0.15) is 0 Å². The topological polar surface area (TPSA) is 40.5 Å². The minimum absolute atomic E-state index is 0.203. The van der Waals surface area contributed by atoms with E-state index in [4.69, 9.17) is 0 Å². The van der Waals surface area contributed by atoms with Crippen molar-refractivity contribution >= 4 is 63.7 Å². The van der Waals surface area contributed by atoms with Gasteiger partial charge in [0.1, 0.15) is 11.5 Å². The van der Waals surface area contributed by atoms with Crippen LogP contribution in [0.25, 0.3) is 0 Å². The molecule has 1 aliphatic rings. The zero-order valence-electron chi connectivity index (χ0n) is 19.3. The zero-order chi connectivity index (χ0) is 24.1. The maximum atomic E-state index is 10.3. The lowest BCUT2D eigenvalue weighted by Crippen LogP contribution is -2.38. The van der Waals surface area contributed by atoms with Crippen LogP contribution >= 0.6 is 63.7 Å². The molecule has 0 amide bonds. The molecule has 1 aliphatic carbocycles. The maximum absolute atomic E-state index is 10.3. The average Bonchev–Trinajstić information content (AvgIpc) is 2.67. The molecule has 176 valence electrons. The molecule has 1 saturated carbocycles. The number of hydrogen-bond donors (Lipinski definition) is 2. The lowest BCUT2D eigenvalue weighted by Gasteiger charge is -2.47. The van der Waals surface area contributed by atoms with Gasteiger partial charge in [0.25, 0.3) is 0 Å². The largest absolute Gasteiger partial charge is 0.506 e. The van der Waals surface area contributed by atoms with Crippen LogP contribution in [0.4, 0.5) is 0 Å². The summed E-state index contributed by atoms with van der Waals surface area (Å²) in [5.41, 5.74) is 2.72. The van der Waals surface area contributed by atoms with Crippen LogP contribution in [-0.2, 0) is 5.41 Å². The van der Waals surface area contributed by atoms with Crippen molar-refractivity contribution < 1.29 is 10.2 Å². The lowest BCUT2D eigenvalue weighted by molar-refractivity contribution is 0.0832. The molecule has 0 saturated heterocycles. The predicted molar refractivity (Wildman–Crippen MR) is 148 cm³/mol. The Labute approximate surface area is 226 Å². The SMILES string of the molecule is CC(C)(C)CC(C)(C)C1CCC(c2cc(Br)c(O)c(Br)c2)(c2cc(Br)c(O)c(Br)c2)CC1. The third-order valence-electron chi connectivity index (χ3n) is 7.07. The van der Waals surface area contributed by atoms with Gasteiger partial charge in [0.15, 0.2) is 0 Å². The molecule has 32 heavy (non-hydrogen) atoms. The van der Waals surface area contributed by atoms with Gasteiger partial charge < -0.3 is 10.2 Å². The normalized spacial score (nSPS) is 17.5. The Balaban J connectivity index is 2.07. The van der Waals surface area contributed by atoms with Crippen molar-refractivity contribution in [1.29, 1.82) is 0 Å². The summed E-state index contributed by atoms with van der Waals surface area (Å²) in [6.07, 6.45) is 5.49. The number of hydrogen-bond acceptors (Lipinski definition) is 2. The minimum atomic E-state index is -0.203. The first-order valence-electron chi connectivity index (χ1n) is 11.0. The second-order valence-corrected chi connectivity index (χ2v) is 14.6. The van der Waals surface area contributed by atoms with Crippen molar-refractivity contribution in [2.75, 3.05) is 0 Å². The van der Waals surface area contributed by atoms with E-state index in [0.717, 1.165) is 25.7 Å². The van der Waals surface area contributed by atoms with Gasteiger partial charge in [-0.3, -0.25) is 0 Å². The predicted octanol–water partition coefficient (Wildman–Crippen LogP) is 10.1. The fourth-order valence-electron chi connectivity index (χ4n) is 5.83. The van der Waals surface area contributed by atoms with Crippen LogP contribution in [0.1, 0.15) is 77.8 Å². The van der Waals surface area contributed by atoms with Crippen LogP contribution in [-0.4, -0.2) is 10.2 Å². The summed E-state index contributed by atoms with van der Waals surface area (Å²) in [4.78, 5) is 0. The van der Waals surface area contributed by atoms with Crippen LogP contribution in [0.3, 0.4) is 0 Å². The van der Waals surface area contributed by atoms with Gasteiger partial charge in [0.2, 0.25) is 0 Å². The summed E-state index contributed by atoms with van der Waals surface area (Å²) in [5, 5.41) is 20.6. The molecule has 3 rings (SSSR count). The van der Waals surface area contributed by atoms with E-state index < -0.39 is 0 Å². The third kappa shape index (κ3) is 5.44. The quantitative estimate of drug-likeness (QED) is 0.334. The Kier molecular flexibility index (Phi) is 7.92. The molecule has 0 radical (unpaired) electrons. The molecule has 0 aromatic heterocycles. The zero-order valence-corrected chi connectivity index (χ0v) is 25.7. The first kappa shape index (κ1) is 26.6. The summed E-state index contributed by atoms with van der Waals surface area (Å²) >= 11 is 14.2. The van der Waals surface area contributed by atoms with E-state index in [-0.39, 0.29) is 22.3 Å². The summed E-state index contributed by atoms with van der Waals surface area (Å²) in [7, 11) is 0. The molecule has 2 N–H and O–H groups in total. The molecular weight excluding hydrogens is 664 g/mol. The molecule has 2 aromatic rings. The minimum Gasteiger partial charge on any atom is -0.506 e. The molecule has 6 heteroatoms. The number of phenolic OH excluding ortho intramolecular Hbond substituents is 2. The van der Waals surface area contributed by atoms with Crippen LogP contribution in [0.5, 0.6) is 11.5 Å². The van der Waals surface area contributed by atoms with E-state index in [2.05, 4.69) is 123 Å². The van der Waals surface area contributed by atoms with Crippen LogP contribution < -0.4 is 0 Å². The third-order valence-corrected chi connectivity index (χ3v) is 9.49. The molecule has 0 unspecified atom stereocenters. The van der Waals surface area contributed by atoms with E-state index >= 15 is 0 Å². The van der Waals surface area contributed by atoms with Gasteiger partial charge in [-0.05, 0) is 148 Å². The van der Waals surface area contributed by atoms with Crippen molar-refractivity contribution in [3.05, 3.63) is 53.3 Å². The highest BCUT2D eigenvalue weighted by Crippen LogP contribution is 2.55. The van der Waals surface area contributed by atoms with Crippen LogP contribution in [0, 0.1) is 16.7 Å². The van der Waals surface area contributed by atoms with Gasteiger partial charge in [0, 0.05) is 5.41 Å².